The van der Waals surface area contributed by atoms with Crippen molar-refractivity contribution in [3.63, 3.8) is 0 Å². The summed E-state index contributed by atoms with van der Waals surface area (Å²) < 4.78 is 6.38. The number of hydrogen-bond donors (Lipinski definition) is 1. The standard InChI is InChI=1S/C13H15N5O4/c1-8-14-12(22-16-8)9-6-18(7-9)11(20)3-5-17-4-2-10(19)15-13(17)21/h2,4,9H,3,5-7H2,1H3,(H,15,19,21). The highest BCUT2D eigenvalue weighted by molar-refractivity contribution is 5.77. The van der Waals surface area contributed by atoms with E-state index in [-0.39, 0.29) is 24.8 Å². The van der Waals surface area contributed by atoms with Gasteiger partial charge in [-0.1, -0.05) is 5.16 Å². The van der Waals surface area contributed by atoms with Gasteiger partial charge in [0.2, 0.25) is 11.8 Å². The maximum atomic E-state index is 12.0. The molecule has 2 aromatic rings. The molecule has 0 spiro atoms. The van der Waals surface area contributed by atoms with E-state index in [0.717, 1.165) is 0 Å². The van der Waals surface area contributed by atoms with Crippen LogP contribution in [0.5, 0.6) is 0 Å². The summed E-state index contributed by atoms with van der Waals surface area (Å²) >= 11 is 0. The molecule has 3 rings (SSSR count). The summed E-state index contributed by atoms with van der Waals surface area (Å²) in [4.78, 5) is 42.5. The number of nitrogens with one attached hydrogen (secondary N) is 1. The molecule has 9 heteroatoms. The van der Waals surface area contributed by atoms with Crippen molar-refractivity contribution < 1.29 is 9.32 Å². The SMILES string of the molecule is Cc1noc(C2CN(C(=O)CCn3ccc(=O)[nH]c3=O)C2)n1. The highest BCUT2D eigenvalue weighted by Gasteiger charge is 2.35. The second kappa shape index (κ2) is 5.58. The van der Waals surface area contributed by atoms with Gasteiger partial charge in [-0.3, -0.25) is 14.6 Å². The molecule has 0 saturated carbocycles. The molecule has 22 heavy (non-hydrogen) atoms. The Labute approximate surface area is 124 Å². The van der Waals surface area contributed by atoms with Crippen molar-refractivity contribution in [3.05, 3.63) is 44.8 Å². The molecule has 3 heterocycles. The minimum absolute atomic E-state index is 0.0504. The predicted octanol–water partition coefficient (Wildman–Crippen LogP) is -0.756. The van der Waals surface area contributed by atoms with E-state index in [2.05, 4.69) is 15.1 Å². The fraction of sp³-hybridized carbons (Fsp3) is 0.462. The summed E-state index contributed by atoms with van der Waals surface area (Å²) in [5, 5.41) is 3.73. The number of likely N-dealkylation sites (tertiary alicyclic amines) is 1. The van der Waals surface area contributed by atoms with Gasteiger partial charge in [0.15, 0.2) is 5.82 Å². The number of aromatic amines is 1. The normalized spacial score (nSPS) is 14.9. The third-order valence-electron chi connectivity index (χ3n) is 3.59. The molecule has 0 unspecified atom stereocenters. The molecule has 0 aromatic carbocycles. The average molecular weight is 305 g/mol. The van der Waals surface area contributed by atoms with E-state index < -0.39 is 11.2 Å². The number of rotatable bonds is 4. The fourth-order valence-corrected chi connectivity index (χ4v) is 2.31. The van der Waals surface area contributed by atoms with Crippen LogP contribution in [0.15, 0.2) is 26.4 Å². The number of carbonyl (C=O) groups is 1. The monoisotopic (exact) mass is 305 g/mol. The third-order valence-corrected chi connectivity index (χ3v) is 3.59. The first-order valence-electron chi connectivity index (χ1n) is 6.90. The van der Waals surface area contributed by atoms with Crippen LogP contribution in [-0.2, 0) is 11.3 Å². The highest BCUT2D eigenvalue weighted by atomic mass is 16.5. The second-order valence-corrected chi connectivity index (χ2v) is 5.23. The minimum atomic E-state index is -0.511. The Hall–Kier alpha value is -2.71. The number of amides is 1. The molecule has 1 aliphatic rings. The van der Waals surface area contributed by atoms with Gasteiger partial charge in [-0.25, -0.2) is 4.79 Å². The van der Waals surface area contributed by atoms with Crippen LogP contribution in [-0.4, -0.2) is 43.6 Å². The predicted molar refractivity (Wildman–Crippen MR) is 74.3 cm³/mol. The number of nitrogens with zero attached hydrogens (tertiary/aromatic N) is 4. The molecule has 2 aromatic heterocycles. The largest absolute Gasteiger partial charge is 0.341 e. The van der Waals surface area contributed by atoms with Crippen molar-refractivity contribution in [2.45, 2.75) is 25.8 Å². The Morgan fingerprint density at radius 1 is 1.45 bits per heavy atom. The van der Waals surface area contributed by atoms with E-state index in [9.17, 15) is 14.4 Å². The molecule has 0 bridgehead atoms. The van der Waals surface area contributed by atoms with E-state index in [1.54, 1.807) is 11.8 Å². The van der Waals surface area contributed by atoms with E-state index in [4.69, 9.17) is 4.52 Å². The maximum absolute atomic E-state index is 12.0. The first-order valence-corrected chi connectivity index (χ1v) is 6.90. The molecule has 9 nitrogen and oxygen atoms in total. The van der Waals surface area contributed by atoms with Crippen molar-refractivity contribution >= 4 is 5.91 Å². The number of H-pyrrole nitrogens is 1. The molecule has 0 atom stereocenters. The Balaban J connectivity index is 1.52. The van der Waals surface area contributed by atoms with Crippen LogP contribution in [0.2, 0.25) is 0 Å². The molecule has 0 aliphatic carbocycles. The van der Waals surface area contributed by atoms with Crippen LogP contribution in [0, 0.1) is 6.92 Å². The van der Waals surface area contributed by atoms with Crippen LogP contribution in [0.4, 0.5) is 0 Å². The van der Waals surface area contributed by atoms with Gasteiger partial charge in [0, 0.05) is 38.3 Å². The Bertz CT molecular complexity index is 799. The fourth-order valence-electron chi connectivity index (χ4n) is 2.31. The van der Waals surface area contributed by atoms with Gasteiger partial charge < -0.3 is 14.0 Å². The van der Waals surface area contributed by atoms with Gasteiger partial charge >= 0.3 is 5.69 Å². The lowest BCUT2D eigenvalue weighted by molar-refractivity contribution is -0.136. The van der Waals surface area contributed by atoms with Crippen LogP contribution in [0.25, 0.3) is 0 Å². The topological polar surface area (TPSA) is 114 Å². The Kier molecular flexibility index (Phi) is 3.61. The summed E-state index contributed by atoms with van der Waals surface area (Å²) in [5.74, 6) is 1.17. The zero-order valence-corrected chi connectivity index (χ0v) is 12.0. The number of aromatic nitrogens is 4. The zero-order valence-electron chi connectivity index (χ0n) is 12.0. The number of hydrogen-bond acceptors (Lipinski definition) is 6. The summed E-state index contributed by atoms with van der Waals surface area (Å²) in [6, 6.07) is 1.25. The summed E-state index contributed by atoms with van der Waals surface area (Å²) in [5.41, 5.74) is -0.962. The van der Waals surface area contributed by atoms with Gasteiger partial charge in [-0.15, -0.1) is 0 Å². The molecule has 1 fully saturated rings. The second-order valence-electron chi connectivity index (χ2n) is 5.23. The van der Waals surface area contributed by atoms with Gasteiger partial charge in [0.05, 0.1) is 5.92 Å². The van der Waals surface area contributed by atoms with Crippen molar-refractivity contribution in [2.75, 3.05) is 13.1 Å². The van der Waals surface area contributed by atoms with Crippen LogP contribution in [0.1, 0.15) is 24.1 Å². The van der Waals surface area contributed by atoms with Crippen LogP contribution in [0.3, 0.4) is 0 Å². The molecular weight excluding hydrogens is 290 g/mol. The van der Waals surface area contributed by atoms with Gasteiger partial charge in [0.1, 0.15) is 0 Å². The minimum Gasteiger partial charge on any atom is -0.341 e. The first kappa shape index (κ1) is 14.2. The molecule has 0 radical (unpaired) electrons. The van der Waals surface area contributed by atoms with Gasteiger partial charge in [-0.2, -0.15) is 4.98 Å². The zero-order chi connectivity index (χ0) is 15.7. The van der Waals surface area contributed by atoms with E-state index >= 15 is 0 Å². The summed E-state index contributed by atoms with van der Waals surface area (Å²) in [6.45, 7) is 3.06. The Morgan fingerprint density at radius 2 is 2.23 bits per heavy atom. The van der Waals surface area contributed by atoms with Crippen LogP contribution < -0.4 is 11.2 Å². The third kappa shape index (κ3) is 2.83. The lowest BCUT2D eigenvalue weighted by Crippen LogP contribution is -2.49. The molecule has 1 N–H and O–H groups in total. The molecular formula is C13H15N5O4. The molecule has 1 amide bonds. The van der Waals surface area contributed by atoms with E-state index in [1.165, 1.54) is 16.8 Å². The quantitative estimate of drug-likeness (QED) is 0.794. The highest BCUT2D eigenvalue weighted by Crippen LogP contribution is 2.26. The van der Waals surface area contributed by atoms with Crippen molar-refractivity contribution in [1.29, 1.82) is 0 Å². The summed E-state index contributed by atoms with van der Waals surface area (Å²) in [7, 11) is 0. The lowest BCUT2D eigenvalue weighted by atomic mass is 10.00. The van der Waals surface area contributed by atoms with Gasteiger partial charge in [-0.05, 0) is 6.92 Å². The molecule has 1 aliphatic heterocycles. The maximum Gasteiger partial charge on any atom is 0.328 e. The lowest BCUT2D eigenvalue weighted by Gasteiger charge is -2.37. The smallest absolute Gasteiger partial charge is 0.328 e. The van der Waals surface area contributed by atoms with Crippen molar-refractivity contribution in [2.24, 2.45) is 0 Å². The Morgan fingerprint density at radius 3 is 2.86 bits per heavy atom. The summed E-state index contributed by atoms with van der Waals surface area (Å²) in [6.07, 6.45) is 1.58. The first-order chi connectivity index (χ1) is 10.5. The van der Waals surface area contributed by atoms with Crippen molar-refractivity contribution in [1.82, 2.24) is 24.6 Å². The van der Waals surface area contributed by atoms with Crippen molar-refractivity contribution in [3.8, 4) is 0 Å². The van der Waals surface area contributed by atoms with E-state index in [0.29, 0.717) is 24.8 Å². The molecule has 116 valence electrons. The average Bonchev–Trinajstić information content (AvgIpc) is 2.82. The number of aryl methyl sites for hydroxylation is 2. The van der Waals surface area contributed by atoms with E-state index in [1.807, 2.05) is 0 Å². The molecule has 1 saturated heterocycles. The van der Waals surface area contributed by atoms with Crippen LogP contribution >= 0.6 is 0 Å². The van der Waals surface area contributed by atoms with Gasteiger partial charge in [0.25, 0.3) is 5.56 Å². The number of carbonyl (C=O) groups excluding carboxylic acids is 1.